The Balaban J connectivity index is 1.77. The fraction of sp³-hybridized carbons (Fsp3) is 0.357. The quantitative estimate of drug-likeness (QED) is 0.582. The van der Waals surface area contributed by atoms with Crippen LogP contribution in [0.3, 0.4) is 0 Å². The second-order valence-corrected chi connectivity index (χ2v) is 5.78. The molecule has 2 aliphatic carbocycles. The molecule has 2 fully saturated rings. The zero-order valence-corrected chi connectivity index (χ0v) is 10.7. The molecule has 96 valence electrons. The largest absolute Gasteiger partial charge is 0.274 e. The highest BCUT2D eigenvalue weighted by Gasteiger charge is 2.59. The number of nitrogens with zero attached hydrogens (tertiary/aromatic N) is 2. The van der Waals surface area contributed by atoms with Gasteiger partial charge in [0.05, 0.1) is 11.8 Å². The van der Waals surface area contributed by atoms with E-state index in [2.05, 4.69) is 17.1 Å². The van der Waals surface area contributed by atoms with Crippen LogP contribution < -0.4 is 4.90 Å². The number of fused-ring (bicyclic) bond motifs is 5. The van der Waals surface area contributed by atoms with Crippen LogP contribution in [0.4, 0.5) is 5.82 Å². The van der Waals surface area contributed by atoms with Gasteiger partial charge in [-0.2, -0.15) is 0 Å². The lowest BCUT2D eigenvalue weighted by atomic mass is 9.85. The van der Waals surface area contributed by atoms with Crippen LogP contribution in [0.5, 0.6) is 0 Å². The van der Waals surface area contributed by atoms with Gasteiger partial charge in [0, 0.05) is 17.3 Å². The molecule has 3 aliphatic rings. The number of allylic oxidation sites excluding steroid dienone is 2. The molecular formula is C14H11ClN2O2. The van der Waals surface area contributed by atoms with E-state index in [4.69, 9.17) is 11.6 Å². The van der Waals surface area contributed by atoms with Crippen molar-refractivity contribution in [3.05, 3.63) is 35.5 Å². The van der Waals surface area contributed by atoms with E-state index in [-0.39, 0.29) is 35.5 Å². The van der Waals surface area contributed by atoms with Crippen LogP contribution in [0.15, 0.2) is 30.5 Å². The molecule has 2 heterocycles. The first-order valence-corrected chi connectivity index (χ1v) is 6.72. The summed E-state index contributed by atoms with van der Waals surface area (Å²) in [5, 5.41) is 0.476. The molecule has 5 heteroatoms. The minimum absolute atomic E-state index is 0.124. The Kier molecular flexibility index (Phi) is 2.16. The second kappa shape index (κ2) is 3.67. The fourth-order valence-corrected chi connectivity index (χ4v) is 3.80. The van der Waals surface area contributed by atoms with Crippen molar-refractivity contribution in [2.75, 3.05) is 4.90 Å². The van der Waals surface area contributed by atoms with Crippen LogP contribution in [0, 0.1) is 23.7 Å². The number of hydrogen-bond donors (Lipinski definition) is 0. The van der Waals surface area contributed by atoms with E-state index in [1.807, 2.05) is 0 Å². The number of halogens is 1. The van der Waals surface area contributed by atoms with E-state index < -0.39 is 0 Å². The number of carbonyl (C=O) groups excluding carboxylic acids is 2. The maximum Gasteiger partial charge on any atom is 0.239 e. The molecule has 0 N–H and O–H groups in total. The molecule has 1 aromatic rings. The molecule has 1 saturated heterocycles. The standard InChI is InChI=1S/C14H11ClN2O2/c15-9-3-4-16-10(6-9)17-13(18)11-7-1-2-8(5-7)12(11)14(17)19/h1-4,6-8,11-12H,5H2. The number of carbonyl (C=O) groups is 2. The van der Waals surface area contributed by atoms with Crippen molar-refractivity contribution in [3.63, 3.8) is 0 Å². The van der Waals surface area contributed by atoms with E-state index >= 15 is 0 Å². The first-order valence-electron chi connectivity index (χ1n) is 6.34. The Morgan fingerprint density at radius 3 is 2.37 bits per heavy atom. The van der Waals surface area contributed by atoms with Gasteiger partial charge in [-0.1, -0.05) is 23.8 Å². The second-order valence-electron chi connectivity index (χ2n) is 5.34. The van der Waals surface area contributed by atoms with Crippen LogP contribution in [0.1, 0.15) is 6.42 Å². The van der Waals surface area contributed by atoms with Crippen LogP contribution in [-0.4, -0.2) is 16.8 Å². The summed E-state index contributed by atoms with van der Waals surface area (Å²) < 4.78 is 0. The van der Waals surface area contributed by atoms with Gasteiger partial charge >= 0.3 is 0 Å². The highest BCUT2D eigenvalue weighted by atomic mass is 35.5. The van der Waals surface area contributed by atoms with Gasteiger partial charge in [0.25, 0.3) is 0 Å². The third-order valence-corrected chi connectivity index (χ3v) is 4.64. The van der Waals surface area contributed by atoms with Crippen LogP contribution in [0.25, 0.3) is 0 Å². The average Bonchev–Trinajstić information content (AvgIpc) is 3.04. The lowest BCUT2D eigenvalue weighted by Gasteiger charge is -2.16. The number of anilines is 1. The van der Waals surface area contributed by atoms with Gasteiger partial charge in [0.2, 0.25) is 11.8 Å². The summed E-state index contributed by atoms with van der Waals surface area (Å²) in [4.78, 5) is 30.3. The molecule has 1 saturated carbocycles. The normalized spacial score (nSPS) is 35.3. The Hall–Kier alpha value is -1.68. The molecule has 19 heavy (non-hydrogen) atoms. The highest BCUT2D eigenvalue weighted by Crippen LogP contribution is 2.53. The van der Waals surface area contributed by atoms with E-state index in [0.717, 1.165) is 6.42 Å². The number of hydrogen-bond acceptors (Lipinski definition) is 3. The van der Waals surface area contributed by atoms with Gasteiger partial charge in [-0.15, -0.1) is 0 Å². The SMILES string of the molecule is O=C1C2C3C=CC(C3)C2C(=O)N1c1cc(Cl)ccn1. The summed E-state index contributed by atoms with van der Waals surface area (Å²) in [5.74, 6) is 0.150. The first kappa shape index (κ1) is 11.2. The van der Waals surface area contributed by atoms with Gasteiger partial charge in [0.1, 0.15) is 5.82 Å². The van der Waals surface area contributed by atoms with E-state index in [1.54, 1.807) is 12.1 Å². The summed E-state index contributed by atoms with van der Waals surface area (Å²) in [5.41, 5.74) is 0. The van der Waals surface area contributed by atoms with Gasteiger partial charge < -0.3 is 0 Å². The molecule has 2 amide bonds. The number of rotatable bonds is 1. The van der Waals surface area contributed by atoms with Crippen LogP contribution >= 0.6 is 11.6 Å². The first-order chi connectivity index (χ1) is 9.16. The predicted octanol–water partition coefficient (Wildman–Crippen LogP) is 2.05. The molecule has 4 unspecified atom stereocenters. The Morgan fingerprint density at radius 2 is 1.79 bits per heavy atom. The summed E-state index contributed by atoms with van der Waals surface area (Å²) >= 11 is 5.91. The smallest absolute Gasteiger partial charge is 0.239 e. The molecular weight excluding hydrogens is 264 g/mol. The Morgan fingerprint density at radius 1 is 1.16 bits per heavy atom. The molecule has 4 rings (SSSR count). The van der Waals surface area contributed by atoms with E-state index in [9.17, 15) is 9.59 Å². The zero-order valence-electron chi connectivity index (χ0n) is 9.99. The minimum atomic E-state index is -0.191. The maximum absolute atomic E-state index is 12.5. The molecule has 1 aliphatic heterocycles. The lowest BCUT2D eigenvalue weighted by molar-refractivity contribution is -0.123. The average molecular weight is 275 g/mol. The maximum atomic E-state index is 12.5. The monoisotopic (exact) mass is 274 g/mol. The van der Waals surface area contributed by atoms with Gasteiger partial charge in [-0.25, -0.2) is 9.88 Å². The van der Waals surface area contributed by atoms with Gasteiger partial charge in [-0.05, 0) is 24.3 Å². The fourth-order valence-electron chi connectivity index (χ4n) is 3.64. The molecule has 2 bridgehead atoms. The zero-order chi connectivity index (χ0) is 13.1. The number of imide groups is 1. The molecule has 1 aromatic heterocycles. The van der Waals surface area contributed by atoms with Crippen molar-refractivity contribution in [3.8, 4) is 0 Å². The van der Waals surface area contributed by atoms with Gasteiger partial charge in [0.15, 0.2) is 0 Å². The van der Waals surface area contributed by atoms with Crippen LogP contribution in [0.2, 0.25) is 5.02 Å². The number of aromatic nitrogens is 1. The third-order valence-electron chi connectivity index (χ3n) is 4.41. The van der Waals surface area contributed by atoms with E-state index in [0.29, 0.717) is 10.8 Å². The summed E-state index contributed by atoms with van der Waals surface area (Å²) in [6.07, 6.45) is 6.60. The number of pyridine rings is 1. The van der Waals surface area contributed by atoms with Crippen molar-refractivity contribution in [2.45, 2.75) is 6.42 Å². The molecule has 0 spiro atoms. The van der Waals surface area contributed by atoms with E-state index in [1.165, 1.54) is 11.1 Å². The van der Waals surface area contributed by atoms with Crippen molar-refractivity contribution in [2.24, 2.45) is 23.7 Å². The molecule has 4 atom stereocenters. The molecule has 4 nitrogen and oxygen atoms in total. The Labute approximate surface area is 115 Å². The van der Waals surface area contributed by atoms with Crippen molar-refractivity contribution < 1.29 is 9.59 Å². The predicted molar refractivity (Wildman–Crippen MR) is 69.5 cm³/mol. The summed E-state index contributed by atoms with van der Waals surface area (Å²) in [6, 6.07) is 3.19. The topological polar surface area (TPSA) is 50.3 Å². The van der Waals surface area contributed by atoms with Crippen LogP contribution in [-0.2, 0) is 9.59 Å². The van der Waals surface area contributed by atoms with Crippen molar-refractivity contribution in [1.82, 2.24) is 4.98 Å². The summed E-state index contributed by atoms with van der Waals surface area (Å²) in [6.45, 7) is 0. The minimum Gasteiger partial charge on any atom is -0.274 e. The Bertz CT molecular complexity index is 598. The number of amides is 2. The lowest BCUT2D eigenvalue weighted by Crippen LogP contribution is -2.33. The van der Waals surface area contributed by atoms with Crippen molar-refractivity contribution >= 4 is 29.2 Å². The van der Waals surface area contributed by atoms with Crippen molar-refractivity contribution in [1.29, 1.82) is 0 Å². The van der Waals surface area contributed by atoms with Gasteiger partial charge in [-0.3, -0.25) is 9.59 Å². The molecule has 0 aromatic carbocycles. The molecule has 0 radical (unpaired) electrons. The summed E-state index contributed by atoms with van der Waals surface area (Å²) in [7, 11) is 0. The third kappa shape index (κ3) is 1.38. The highest BCUT2D eigenvalue weighted by molar-refractivity contribution is 6.31.